The molecule has 3 aromatic rings. The van der Waals surface area contributed by atoms with Crippen LogP contribution in [-0.4, -0.2) is 50.6 Å². The number of hydrogen-bond donors (Lipinski definition) is 0. The van der Waals surface area contributed by atoms with Crippen LogP contribution in [0.15, 0.2) is 71.8 Å². The molecule has 0 unspecified atom stereocenters. The van der Waals surface area contributed by atoms with E-state index in [1.54, 1.807) is 31.5 Å². The minimum absolute atomic E-state index is 0.313. The summed E-state index contributed by atoms with van der Waals surface area (Å²) in [6.45, 7) is 6.06. The van der Waals surface area contributed by atoms with Gasteiger partial charge in [-0.1, -0.05) is 23.8 Å². The summed E-state index contributed by atoms with van der Waals surface area (Å²) >= 11 is 0. The third-order valence-corrected chi connectivity index (χ3v) is 7.29. The summed E-state index contributed by atoms with van der Waals surface area (Å²) in [5.74, 6) is 0.856. The fourth-order valence-corrected chi connectivity index (χ4v) is 5.15. The molecular formula is C23H27N3O3S. The molecule has 2 aromatic carbocycles. The van der Waals surface area contributed by atoms with E-state index in [1.807, 2.05) is 37.3 Å². The van der Waals surface area contributed by atoms with Gasteiger partial charge in [-0.05, 0) is 43.3 Å². The standard InChI is InChI=1S/C23H27N3O3S/c1-19-8-10-23(11-9-19)30(27,28)26-12-4-6-21(26)18-24-13-15-25(16-14-24)20-5-3-7-22(17-20)29-2/h3-12,17H,13-16,18H2,1-2H3. The van der Waals surface area contributed by atoms with Gasteiger partial charge in [0.2, 0.25) is 0 Å². The molecule has 0 aliphatic carbocycles. The summed E-state index contributed by atoms with van der Waals surface area (Å²) in [5.41, 5.74) is 2.97. The highest BCUT2D eigenvalue weighted by molar-refractivity contribution is 7.90. The van der Waals surface area contributed by atoms with E-state index in [0.29, 0.717) is 11.4 Å². The molecule has 0 spiro atoms. The van der Waals surface area contributed by atoms with Crippen LogP contribution in [0.25, 0.3) is 0 Å². The van der Waals surface area contributed by atoms with Crippen LogP contribution in [0.3, 0.4) is 0 Å². The Hall–Kier alpha value is -2.77. The summed E-state index contributed by atoms with van der Waals surface area (Å²) in [6.07, 6.45) is 1.64. The fraction of sp³-hybridized carbons (Fsp3) is 0.304. The van der Waals surface area contributed by atoms with Gasteiger partial charge in [0.25, 0.3) is 10.0 Å². The maximum Gasteiger partial charge on any atom is 0.267 e. The molecule has 1 fully saturated rings. The van der Waals surface area contributed by atoms with Crippen LogP contribution in [-0.2, 0) is 16.6 Å². The van der Waals surface area contributed by atoms with Crippen molar-refractivity contribution in [3.8, 4) is 5.75 Å². The molecule has 1 aromatic heterocycles. The molecule has 158 valence electrons. The molecule has 0 atom stereocenters. The van der Waals surface area contributed by atoms with Crippen molar-refractivity contribution in [1.82, 2.24) is 8.87 Å². The lowest BCUT2D eigenvalue weighted by Gasteiger charge is -2.36. The molecule has 0 N–H and O–H groups in total. The predicted octanol–water partition coefficient (Wildman–Crippen LogP) is 3.36. The highest BCUT2D eigenvalue weighted by Gasteiger charge is 2.22. The lowest BCUT2D eigenvalue weighted by Crippen LogP contribution is -2.46. The smallest absolute Gasteiger partial charge is 0.267 e. The molecular weight excluding hydrogens is 398 g/mol. The number of ether oxygens (including phenoxy) is 1. The molecule has 7 heteroatoms. The van der Waals surface area contributed by atoms with Crippen LogP contribution in [0.4, 0.5) is 5.69 Å². The number of nitrogens with zero attached hydrogens (tertiary/aromatic N) is 3. The number of benzene rings is 2. The minimum atomic E-state index is -3.59. The van der Waals surface area contributed by atoms with Gasteiger partial charge >= 0.3 is 0 Å². The normalized spacial score (nSPS) is 15.3. The largest absolute Gasteiger partial charge is 0.497 e. The second-order valence-corrected chi connectivity index (χ2v) is 9.39. The average molecular weight is 426 g/mol. The van der Waals surface area contributed by atoms with Crippen molar-refractivity contribution >= 4 is 15.7 Å². The summed E-state index contributed by atoms with van der Waals surface area (Å²) in [7, 11) is -1.91. The van der Waals surface area contributed by atoms with Crippen molar-refractivity contribution in [2.75, 3.05) is 38.2 Å². The number of hydrogen-bond acceptors (Lipinski definition) is 5. The Bertz CT molecular complexity index is 1100. The van der Waals surface area contributed by atoms with Crippen LogP contribution >= 0.6 is 0 Å². The zero-order chi connectivity index (χ0) is 21.1. The second kappa shape index (κ2) is 8.53. The highest BCUT2D eigenvalue weighted by atomic mass is 32.2. The highest BCUT2D eigenvalue weighted by Crippen LogP contribution is 2.23. The lowest BCUT2D eigenvalue weighted by molar-refractivity contribution is 0.246. The Morgan fingerprint density at radius 1 is 0.933 bits per heavy atom. The van der Waals surface area contributed by atoms with Gasteiger partial charge in [0.1, 0.15) is 5.75 Å². The Labute approximate surface area is 178 Å². The zero-order valence-corrected chi connectivity index (χ0v) is 18.2. The molecule has 1 aliphatic rings. The SMILES string of the molecule is COc1cccc(N2CCN(Cc3cccn3S(=O)(=O)c3ccc(C)cc3)CC2)c1. The maximum atomic E-state index is 13.1. The quantitative estimate of drug-likeness (QED) is 0.606. The summed E-state index contributed by atoms with van der Waals surface area (Å²) in [5, 5.41) is 0. The van der Waals surface area contributed by atoms with Crippen molar-refractivity contribution in [1.29, 1.82) is 0 Å². The van der Waals surface area contributed by atoms with Gasteiger partial charge in [0, 0.05) is 56.4 Å². The fourth-order valence-electron chi connectivity index (χ4n) is 3.78. The molecule has 2 heterocycles. The first-order chi connectivity index (χ1) is 14.5. The van der Waals surface area contributed by atoms with Crippen LogP contribution in [0.5, 0.6) is 5.75 Å². The molecule has 1 saturated heterocycles. The van der Waals surface area contributed by atoms with Crippen molar-refractivity contribution in [3.63, 3.8) is 0 Å². The molecule has 0 saturated carbocycles. The van der Waals surface area contributed by atoms with E-state index >= 15 is 0 Å². The van der Waals surface area contributed by atoms with Crippen LogP contribution < -0.4 is 9.64 Å². The maximum absolute atomic E-state index is 13.1. The first-order valence-electron chi connectivity index (χ1n) is 10.1. The third kappa shape index (κ3) is 4.22. The van der Waals surface area contributed by atoms with E-state index in [0.717, 1.165) is 48.9 Å². The van der Waals surface area contributed by atoms with Crippen molar-refractivity contribution in [2.24, 2.45) is 0 Å². The van der Waals surface area contributed by atoms with E-state index < -0.39 is 10.0 Å². The second-order valence-electron chi connectivity index (χ2n) is 7.58. The minimum Gasteiger partial charge on any atom is -0.497 e. The van der Waals surface area contributed by atoms with Gasteiger partial charge in [-0.3, -0.25) is 4.90 Å². The number of methoxy groups -OCH3 is 1. The number of piperazine rings is 1. The van der Waals surface area contributed by atoms with E-state index in [9.17, 15) is 8.42 Å². The molecule has 0 amide bonds. The van der Waals surface area contributed by atoms with E-state index in [2.05, 4.69) is 21.9 Å². The van der Waals surface area contributed by atoms with Crippen LogP contribution in [0.2, 0.25) is 0 Å². The van der Waals surface area contributed by atoms with Crippen LogP contribution in [0, 0.1) is 6.92 Å². The van der Waals surface area contributed by atoms with E-state index in [1.165, 1.54) is 3.97 Å². The van der Waals surface area contributed by atoms with Gasteiger partial charge < -0.3 is 9.64 Å². The number of rotatable bonds is 6. The Morgan fingerprint density at radius 2 is 1.67 bits per heavy atom. The third-order valence-electron chi connectivity index (χ3n) is 5.55. The van der Waals surface area contributed by atoms with Gasteiger partial charge in [-0.15, -0.1) is 0 Å². The topological polar surface area (TPSA) is 54.8 Å². The molecule has 4 rings (SSSR count). The average Bonchev–Trinajstić information content (AvgIpc) is 3.24. The Kier molecular flexibility index (Phi) is 5.83. The zero-order valence-electron chi connectivity index (χ0n) is 17.4. The van der Waals surface area contributed by atoms with E-state index in [-0.39, 0.29) is 0 Å². The van der Waals surface area contributed by atoms with Crippen molar-refractivity contribution in [2.45, 2.75) is 18.4 Å². The van der Waals surface area contributed by atoms with Gasteiger partial charge in [0.15, 0.2) is 0 Å². The van der Waals surface area contributed by atoms with Crippen molar-refractivity contribution < 1.29 is 13.2 Å². The lowest BCUT2D eigenvalue weighted by atomic mass is 10.2. The predicted molar refractivity (Wildman–Crippen MR) is 119 cm³/mol. The summed E-state index contributed by atoms with van der Waals surface area (Å²) < 4.78 is 32.9. The number of aromatic nitrogens is 1. The molecule has 0 radical (unpaired) electrons. The first-order valence-corrected chi connectivity index (χ1v) is 11.5. The summed E-state index contributed by atoms with van der Waals surface area (Å²) in [6, 6.07) is 18.8. The molecule has 0 bridgehead atoms. The molecule has 30 heavy (non-hydrogen) atoms. The number of aryl methyl sites for hydroxylation is 1. The summed E-state index contributed by atoms with van der Waals surface area (Å²) in [4.78, 5) is 4.95. The number of anilines is 1. The monoisotopic (exact) mass is 425 g/mol. The van der Waals surface area contributed by atoms with Crippen molar-refractivity contribution in [3.05, 3.63) is 78.1 Å². The van der Waals surface area contributed by atoms with Gasteiger partial charge in [0.05, 0.1) is 12.0 Å². The van der Waals surface area contributed by atoms with Gasteiger partial charge in [-0.2, -0.15) is 0 Å². The molecule has 1 aliphatic heterocycles. The Morgan fingerprint density at radius 3 is 2.37 bits per heavy atom. The molecule has 6 nitrogen and oxygen atoms in total. The first kappa shape index (κ1) is 20.5. The van der Waals surface area contributed by atoms with E-state index in [4.69, 9.17) is 4.74 Å². The Balaban J connectivity index is 1.44. The van der Waals surface area contributed by atoms with Crippen LogP contribution in [0.1, 0.15) is 11.3 Å². The van der Waals surface area contributed by atoms with Gasteiger partial charge in [-0.25, -0.2) is 12.4 Å².